The zero-order valence-electron chi connectivity index (χ0n) is 28.8. The first-order valence-corrected chi connectivity index (χ1v) is 19.5. The van der Waals surface area contributed by atoms with E-state index >= 15 is 0 Å². The number of rotatable bonds is 7. The molecule has 274 valence electrons. The number of carbonyl (C=O) groups excluding carboxylic acids is 5. The summed E-state index contributed by atoms with van der Waals surface area (Å²) < 4.78 is 33.5. The number of amides is 6. The highest BCUT2D eigenvalue weighted by atomic mass is 32.2. The monoisotopic (exact) mass is 722 g/mol. The fraction of sp³-hybridized carbons (Fsp3) is 0.583. The molecule has 1 saturated heterocycles. The third-order valence-electron chi connectivity index (χ3n) is 11.3. The number of hydrogen-bond donors (Lipinski definition) is 3. The first kappa shape index (κ1) is 35.0. The van der Waals surface area contributed by atoms with Crippen LogP contribution in [0.15, 0.2) is 36.9 Å². The van der Waals surface area contributed by atoms with Crippen LogP contribution in [0.4, 0.5) is 9.59 Å². The van der Waals surface area contributed by atoms with Crippen molar-refractivity contribution in [2.45, 2.75) is 99.9 Å². The Morgan fingerprint density at radius 2 is 1.86 bits per heavy atom. The van der Waals surface area contributed by atoms with Gasteiger partial charge in [-0.25, -0.2) is 18.0 Å². The molecule has 14 nitrogen and oxygen atoms in total. The van der Waals surface area contributed by atoms with Gasteiger partial charge in [-0.2, -0.15) is 0 Å². The van der Waals surface area contributed by atoms with Crippen LogP contribution in [0.5, 0.6) is 0 Å². The molecule has 0 radical (unpaired) electrons. The number of nitrogens with one attached hydrogen (secondary N) is 3. The van der Waals surface area contributed by atoms with Gasteiger partial charge in [0.05, 0.1) is 18.3 Å². The summed E-state index contributed by atoms with van der Waals surface area (Å²) >= 11 is 0. The second-order valence-corrected chi connectivity index (χ2v) is 16.8. The highest BCUT2D eigenvalue weighted by Gasteiger charge is 2.62. The van der Waals surface area contributed by atoms with Gasteiger partial charge in [0.2, 0.25) is 21.8 Å². The minimum Gasteiger partial charge on any atom is -0.444 e. The summed E-state index contributed by atoms with van der Waals surface area (Å²) in [6, 6.07) is 3.41. The molecule has 15 heteroatoms. The van der Waals surface area contributed by atoms with E-state index in [1.54, 1.807) is 16.8 Å². The second kappa shape index (κ2) is 13.6. The summed E-state index contributed by atoms with van der Waals surface area (Å²) in [6.45, 7) is 4.77. The average molecular weight is 723 g/mol. The van der Waals surface area contributed by atoms with E-state index in [2.05, 4.69) is 21.9 Å². The molecule has 3 heterocycles. The summed E-state index contributed by atoms with van der Waals surface area (Å²) in [5.74, 6) is -2.65. The van der Waals surface area contributed by atoms with E-state index in [0.717, 1.165) is 42.4 Å². The molecule has 0 spiro atoms. The third kappa shape index (κ3) is 6.96. The topological polar surface area (TPSA) is 175 Å². The summed E-state index contributed by atoms with van der Waals surface area (Å²) in [5, 5.41) is 5.10. The molecule has 3 saturated carbocycles. The van der Waals surface area contributed by atoms with E-state index in [-0.39, 0.29) is 25.3 Å². The Balaban J connectivity index is 1.18. The maximum absolute atomic E-state index is 14.5. The van der Waals surface area contributed by atoms with Crippen LogP contribution in [0.1, 0.15) is 74.5 Å². The lowest BCUT2D eigenvalue weighted by molar-refractivity contribution is -0.142. The van der Waals surface area contributed by atoms with Crippen molar-refractivity contribution in [3.63, 3.8) is 0 Å². The van der Waals surface area contributed by atoms with Crippen LogP contribution in [0.3, 0.4) is 0 Å². The second-order valence-electron chi connectivity index (χ2n) is 14.9. The summed E-state index contributed by atoms with van der Waals surface area (Å²) in [6.07, 6.45) is 8.91. The lowest BCUT2D eigenvalue weighted by Gasteiger charge is -2.33. The Kier molecular flexibility index (Phi) is 9.35. The van der Waals surface area contributed by atoms with Gasteiger partial charge in [0, 0.05) is 32.5 Å². The molecule has 51 heavy (non-hydrogen) atoms. The molecule has 6 amide bonds. The van der Waals surface area contributed by atoms with Crippen molar-refractivity contribution in [3.8, 4) is 0 Å². The standard InChI is InChI=1S/C36H46N6O8S/c1-3-25-18-36(25,33(45)39-51(48,49)27-14-15-27)38-31(43)29-17-26-20-42(29)32(44)30(23-10-4-5-11-23)37-34(46)40(2)16-7-6-9-22-12-8-13-24-19-41(21-28(22)24)35(47)50-26/h3,6,8-9,12-13,23,25-27,29-30H,1,4-5,7,10-11,14-21H2,2H3,(H,37,46)(H,38,43)(H,39,45)/b9-6+/t25-,26-,29+,30+,36+/m1/s1. The molecule has 1 aromatic rings. The highest BCUT2D eigenvalue weighted by molar-refractivity contribution is 7.91. The molecule has 3 aliphatic heterocycles. The van der Waals surface area contributed by atoms with Gasteiger partial charge in [-0.15, -0.1) is 6.58 Å². The number of ether oxygens (including phenoxy) is 1. The van der Waals surface area contributed by atoms with Crippen molar-refractivity contribution in [1.82, 2.24) is 30.1 Å². The Hall–Kier alpha value is -4.40. The van der Waals surface area contributed by atoms with E-state index in [9.17, 15) is 32.4 Å². The number of carbonyl (C=O) groups is 5. The third-order valence-corrected chi connectivity index (χ3v) is 13.2. The van der Waals surface area contributed by atoms with Gasteiger partial charge in [0.15, 0.2) is 0 Å². The fourth-order valence-electron chi connectivity index (χ4n) is 8.02. The van der Waals surface area contributed by atoms with E-state index < -0.39 is 74.8 Å². The first-order chi connectivity index (χ1) is 24.4. The van der Waals surface area contributed by atoms with Crippen LogP contribution in [0, 0.1) is 11.8 Å². The fourth-order valence-corrected chi connectivity index (χ4v) is 9.38. The lowest BCUT2D eigenvalue weighted by atomic mass is 9.96. The molecule has 0 unspecified atom stereocenters. The van der Waals surface area contributed by atoms with Gasteiger partial charge in [0.25, 0.3) is 5.91 Å². The molecular formula is C36H46N6O8S. The molecule has 7 rings (SSSR count). The summed E-state index contributed by atoms with van der Waals surface area (Å²) in [7, 11) is -2.22. The van der Waals surface area contributed by atoms with Crippen molar-refractivity contribution < 1.29 is 37.1 Å². The SMILES string of the molecule is C=C[C@@H]1C[C@@]1(NC(=O)[C@@H]1C[C@@H]2CN1C(=O)[C@H](C1CCCC1)NC(=O)N(C)CC/C=C/c1cccc3c1CN(C3)C(=O)O2)C(=O)NS(=O)(=O)C1CC1. The molecule has 1 aromatic carbocycles. The number of fused-ring (bicyclic) bond motifs is 3. The van der Waals surface area contributed by atoms with Crippen LogP contribution in [0.25, 0.3) is 6.08 Å². The van der Waals surface area contributed by atoms with Crippen molar-refractivity contribution in [3.05, 3.63) is 53.6 Å². The van der Waals surface area contributed by atoms with Crippen molar-refractivity contribution in [2.75, 3.05) is 20.1 Å². The number of urea groups is 1. The van der Waals surface area contributed by atoms with Crippen LogP contribution in [0.2, 0.25) is 0 Å². The minimum atomic E-state index is -3.89. The lowest BCUT2D eigenvalue weighted by Crippen LogP contribution is -2.59. The van der Waals surface area contributed by atoms with E-state index in [4.69, 9.17) is 4.74 Å². The quantitative estimate of drug-likeness (QED) is 0.360. The van der Waals surface area contributed by atoms with Crippen molar-refractivity contribution in [1.29, 1.82) is 0 Å². The predicted octanol–water partition coefficient (Wildman–Crippen LogP) is 2.39. The van der Waals surface area contributed by atoms with Gasteiger partial charge < -0.3 is 25.2 Å². The summed E-state index contributed by atoms with van der Waals surface area (Å²) in [4.78, 5) is 73.8. The zero-order chi connectivity index (χ0) is 36.1. The highest BCUT2D eigenvalue weighted by Crippen LogP contribution is 2.45. The van der Waals surface area contributed by atoms with Gasteiger partial charge in [0.1, 0.15) is 23.7 Å². The summed E-state index contributed by atoms with van der Waals surface area (Å²) in [5.41, 5.74) is 1.43. The van der Waals surface area contributed by atoms with Gasteiger partial charge in [-0.1, -0.05) is 49.3 Å². The molecule has 5 atom stereocenters. The average Bonchev–Trinajstić information content (AvgIpc) is 3.88. The number of benzene rings is 1. The Morgan fingerprint density at radius 3 is 2.57 bits per heavy atom. The van der Waals surface area contributed by atoms with Gasteiger partial charge >= 0.3 is 12.1 Å². The van der Waals surface area contributed by atoms with Crippen molar-refractivity contribution >= 4 is 45.9 Å². The maximum atomic E-state index is 14.5. The predicted molar refractivity (Wildman–Crippen MR) is 186 cm³/mol. The number of nitrogens with zero attached hydrogens (tertiary/aromatic N) is 3. The zero-order valence-corrected chi connectivity index (χ0v) is 29.7. The van der Waals surface area contributed by atoms with Gasteiger partial charge in [-0.3, -0.25) is 24.0 Å². The number of sulfonamides is 1. The van der Waals surface area contributed by atoms with Crippen LogP contribution < -0.4 is 15.4 Å². The van der Waals surface area contributed by atoms with E-state index in [0.29, 0.717) is 38.9 Å². The molecular weight excluding hydrogens is 676 g/mol. The minimum absolute atomic E-state index is 0.0415. The van der Waals surface area contributed by atoms with Crippen molar-refractivity contribution in [2.24, 2.45) is 11.8 Å². The van der Waals surface area contributed by atoms with Crippen LogP contribution >= 0.6 is 0 Å². The first-order valence-electron chi connectivity index (χ1n) is 18.0. The van der Waals surface area contributed by atoms with Crippen LogP contribution in [-0.2, 0) is 42.2 Å². The van der Waals surface area contributed by atoms with E-state index in [1.807, 2.05) is 30.4 Å². The molecule has 4 bridgehead atoms. The Morgan fingerprint density at radius 1 is 1.10 bits per heavy atom. The Labute approximate surface area is 298 Å². The van der Waals surface area contributed by atoms with Crippen LogP contribution in [-0.4, -0.2) is 102 Å². The number of hydrogen-bond acceptors (Lipinski definition) is 8. The largest absolute Gasteiger partial charge is 0.444 e. The Bertz CT molecular complexity index is 1770. The van der Waals surface area contributed by atoms with Gasteiger partial charge in [-0.05, 0) is 61.1 Å². The normalized spacial score (nSPS) is 30.6. The maximum Gasteiger partial charge on any atom is 0.410 e. The molecule has 3 aliphatic carbocycles. The smallest absolute Gasteiger partial charge is 0.410 e. The molecule has 4 fully saturated rings. The van der Waals surface area contributed by atoms with E-state index in [1.165, 1.54) is 11.0 Å². The molecule has 6 aliphatic rings. The molecule has 3 N–H and O–H groups in total. The molecule has 0 aromatic heterocycles.